The van der Waals surface area contributed by atoms with E-state index in [9.17, 15) is 4.79 Å². The third kappa shape index (κ3) is 3.97. The molecule has 0 aromatic heterocycles. The van der Waals surface area contributed by atoms with Gasteiger partial charge in [0.1, 0.15) is 6.04 Å². The molecule has 0 rings (SSSR count). The van der Waals surface area contributed by atoms with Crippen LogP contribution >= 0.6 is 0 Å². The van der Waals surface area contributed by atoms with Gasteiger partial charge in [-0.3, -0.25) is 4.79 Å². The lowest BCUT2D eigenvalue weighted by Gasteiger charge is -2.13. The number of hydrogen-bond acceptors (Lipinski definition) is 5. The molecule has 0 spiro atoms. The average Bonchev–Trinajstić information content (AvgIpc) is 1.98. The maximum atomic E-state index is 10.7. The number of aliphatic hydroxyl groups excluding tert-OH is 1. The second-order valence-electron chi connectivity index (χ2n) is 2.10. The van der Waals surface area contributed by atoms with Crippen molar-refractivity contribution in [3.63, 3.8) is 0 Å². The van der Waals surface area contributed by atoms with E-state index in [-0.39, 0.29) is 0 Å². The molecule has 5 nitrogen and oxygen atoms in total. The van der Waals surface area contributed by atoms with Crippen LogP contribution in [0.25, 0.3) is 0 Å². The molecule has 0 saturated carbocycles. The Balaban J connectivity index is 3.84. The second kappa shape index (κ2) is 5.12. The smallest absolute Gasteiger partial charge is 0.374 e. The number of esters is 1. The fraction of sp³-hybridized carbons (Fsp3) is 0.800. The molecular formula is C5H12BNO4. The Kier molecular flexibility index (Phi) is 4.84. The van der Waals surface area contributed by atoms with Gasteiger partial charge >= 0.3 is 13.0 Å². The maximum Gasteiger partial charge on any atom is 0.374 e. The summed E-state index contributed by atoms with van der Waals surface area (Å²) in [6, 6.07) is -0.847. The van der Waals surface area contributed by atoms with Crippen LogP contribution < -0.4 is 5.23 Å². The fourth-order valence-electron chi connectivity index (χ4n) is 0.629. The highest BCUT2D eigenvalue weighted by Crippen LogP contribution is 1.86. The first-order chi connectivity index (χ1) is 5.11. The SMILES string of the molecule is COC(=O)[C@@H](CO)NB(C)O. The van der Waals surface area contributed by atoms with Crippen molar-refractivity contribution in [2.45, 2.75) is 12.9 Å². The molecule has 0 unspecified atom stereocenters. The maximum absolute atomic E-state index is 10.7. The van der Waals surface area contributed by atoms with Crippen molar-refractivity contribution >= 4 is 13.0 Å². The molecule has 0 aliphatic heterocycles. The molecule has 6 heteroatoms. The highest BCUT2D eigenvalue weighted by molar-refractivity contribution is 6.46. The third-order valence-electron chi connectivity index (χ3n) is 1.11. The first-order valence-corrected chi connectivity index (χ1v) is 3.24. The van der Waals surface area contributed by atoms with Gasteiger partial charge in [0.2, 0.25) is 0 Å². The summed E-state index contributed by atoms with van der Waals surface area (Å²) in [6.07, 6.45) is 0. The summed E-state index contributed by atoms with van der Waals surface area (Å²) in [5, 5.41) is 19.8. The monoisotopic (exact) mass is 161 g/mol. The van der Waals surface area contributed by atoms with Crippen molar-refractivity contribution in [3.8, 4) is 0 Å². The van der Waals surface area contributed by atoms with Gasteiger partial charge in [-0.25, -0.2) is 0 Å². The minimum Gasteiger partial charge on any atom is -0.468 e. The zero-order valence-corrected chi connectivity index (χ0v) is 6.57. The summed E-state index contributed by atoms with van der Waals surface area (Å²) in [6.45, 7) is 1.06. The van der Waals surface area contributed by atoms with Gasteiger partial charge < -0.3 is 20.1 Å². The largest absolute Gasteiger partial charge is 0.468 e. The van der Waals surface area contributed by atoms with E-state index < -0.39 is 25.7 Å². The van der Waals surface area contributed by atoms with Crippen molar-refractivity contribution in [3.05, 3.63) is 0 Å². The Morgan fingerprint density at radius 2 is 2.36 bits per heavy atom. The topological polar surface area (TPSA) is 78.8 Å². The van der Waals surface area contributed by atoms with Crippen LogP contribution in [-0.2, 0) is 9.53 Å². The zero-order chi connectivity index (χ0) is 8.85. The first kappa shape index (κ1) is 10.4. The van der Waals surface area contributed by atoms with Crippen molar-refractivity contribution in [1.82, 2.24) is 5.23 Å². The van der Waals surface area contributed by atoms with Gasteiger partial charge in [0.05, 0.1) is 13.7 Å². The molecule has 0 saturated heterocycles. The highest BCUT2D eigenvalue weighted by Gasteiger charge is 2.20. The molecule has 0 radical (unpaired) electrons. The Hall–Kier alpha value is -0.585. The lowest BCUT2D eigenvalue weighted by molar-refractivity contribution is -0.143. The average molecular weight is 161 g/mol. The van der Waals surface area contributed by atoms with Crippen molar-refractivity contribution in [2.75, 3.05) is 13.7 Å². The molecule has 0 heterocycles. The van der Waals surface area contributed by atoms with E-state index in [4.69, 9.17) is 10.1 Å². The lowest BCUT2D eigenvalue weighted by atomic mass is 9.87. The van der Waals surface area contributed by atoms with Crippen molar-refractivity contribution in [2.24, 2.45) is 0 Å². The minimum atomic E-state index is -0.847. The molecule has 0 aromatic rings. The van der Waals surface area contributed by atoms with Gasteiger partial charge in [0, 0.05) is 0 Å². The number of methoxy groups -OCH3 is 1. The summed E-state index contributed by atoms with van der Waals surface area (Å²) in [4.78, 5) is 10.7. The highest BCUT2D eigenvalue weighted by atomic mass is 16.5. The van der Waals surface area contributed by atoms with Crippen LogP contribution in [0.1, 0.15) is 0 Å². The summed E-state index contributed by atoms with van der Waals surface area (Å²) in [7, 11) is 0.376. The van der Waals surface area contributed by atoms with Crippen LogP contribution in [0, 0.1) is 0 Å². The molecular weight excluding hydrogens is 149 g/mol. The summed E-state index contributed by atoms with van der Waals surface area (Å²) in [5.74, 6) is -0.589. The molecule has 0 aliphatic rings. The lowest BCUT2D eigenvalue weighted by Crippen LogP contribution is -2.47. The quantitative estimate of drug-likeness (QED) is 0.335. The van der Waals surface area contributed by atoms with E-state index in [0.717, 1.165) is 0 Å². The number of ether oxygens (including phenoxy) is 1. The standard InChI is InChI=1S/C5H12BNO4/c1-6(10)7-4(3-8)5(9)11-2/h4,7-8,10H,3H2,1-2H3/t4-/m1/s1. The van der Waals surface area contributed by atoms with E-state index >= 15 is 0 Å². The van der Waals surface area contributed by atoms with E-state index in [0.29, 0.717) is 0 Å². The fourth-order valence-corrected chi connectivity index (χ4v) is 0.629. The molecule has 0 aromatic carbocycles. The Bertz CT molecular complexity index is 130. The molecule has 0 amide bonds. The Morgan fingerprint density at radius 1 is 1.82 bits per heavy atom. The predicted octanol–water partition coefficient (Wildman–Crippen LogP) is -1.78. The van der Waals surface area contributed by atoms with E-state index in [1.54, 1.807) is 0 Å². The number of rotatable bonds is 4. The second-order valence-corrected chi connectivity index (χ2v) is 2.10. The van der Waals surface area contributed by atoms with Gasteiger partial charge in [-0.15, -0.1) is 0 Å². The summed E-state index contributed by atoms with van der Waals surface area (Å²) in [5.41, 5.74) is 0. The van der Waals surface area contributed by atoms with Crippen LogP contribution in [-0.4, -0.2) is 42.9 Å². The van der Waals surface area contributed by atoms with Gasteiger partial charge in [0.15, 0.2) is 0 Å². The van der Waals surface area contributed by atoms with Crippen molar-refractivity contribution in [1.29, 1.82) is 0 Å². The van der Waals surface area contributed by atoms with Crippen LogP contribution in [0.5, 0.6) is 0 Å². The summed E-state index contributed by atoms with van der Waals surface area (Å²) < 4.78 is 4.33. The number of hydrogen-bond donors (Lipinski definition) is 3. The van der Waals surface area contributed by atoms with Crippen LogP contribution in [0.2, 0.25) is 6.82 Å². The molecule has 64 valence electrons. The van der Waals surface area contributed by atoms with Crippen LogP contribution in [0.15, 0.2) is 0 Å². The van der Waals surface area contributed by atoms with Gasteiger partial charge in [-0.1, -0.05) is 0 Å². The number of carbonyl (C=O) groups is 1. The van der Waals surface area contributed by atoms with Gasteiger partial charge in [0.25, 0.3) is 0 Å². The van der Waals surface area contributed by atoms with Crippen LogP contribution in [0.3, 0.4) is 0 Å². The van der Waals surface area contributed by atoms with E-state index in [1.165, 1.54) is 13.9 Å². The number of aliphatic hydroxyl groups is 1. The predicted molar refractivity (Wildman–Crippen MR) is 39.9 cm³/mol. The normalized spacial score (nSPS) is 12.4. The minimum absolute atomic E-state index is 0.391. The molecule has 0 bridgehead atoms. The Morgan fingerprint density at radius 3 is 2.64 bits per heavy atom. The third-order valence-corrected chi connectivity index (χ3v) is 1.11. The molecule has 0 aliphatic carbocycles. The zero-order valence-electron chi connectivity index (χ0n) is 6.57. The van der Waals surface area contributed by atoms with Crippen LogP contribution in [0.4, 0.5) is 0 Å². The first-order valence-electron chi connectivity index (χ1n) is 3.24. The van der Waals surface area contributed by atoms with E-state index in [2.05, 4.69) is 9.96 Å². The van der Waals surface area contributed by atoms with Gasteiger partial charge in [-0.2, -0.15) is 0 Å². The Labute approximate surface area is 65.5 Å². The molecule has 1 atom stereocenters. The number of nitrogens with one attached hydrogen (secondary N) is 1. The van der Waals surface area contributed by atoms with Crippen molar-refractivity contribution < 1.29 is 19.7 Å². The number of carbonyl (C=O) groups excluding carboxylic acids is 1. The molecule has 0 fully saturated rings. The van der Waals surface area contributed by atoms with E-state index in [1.807, 2.05) is 0 Å². The van der Waals surface area contributed by atoms with Gasteiger partial charge in [-0.05, 0) is 6.82 Å². The molecule has 11 heavy (non-hydrogen) atoms. The summed E-state index contributed by atoms with van der Waals surface area (Å²) >= 11 is 0. The molecule has 3 N–H and O–H groups in total.